The van der Waals surface area contributed by atoms with E-state index in [1.54, 1.807) is 0 Å². The summed E-state index contributed by atoms with van der Waals surface area (Å²) in [5.41, 5.74) is 4.74. The van der Waals surface area contributed by atoms with Crippen LogP contribution in [0.3, 0.4) is 0 Å². The highest BCUT2D eigenvalue weighted by molar-refractivity contribution is 5.80. The Morgan fingerprint density at radius 1 is 0.829 bits per heavy atom. The number of hydrogen-bond donors (Lipinski definition) is 3. The summed E-state index contributed by atoms with van der Waals surface area (Å²) < 4.78 is 5.65. The second kappa shape index (κ2) is 10.1. The summed E-state index contributed by atoms with van der Waals surface area (Å²) in [6, 6.07) is 16.5. The van der Waals surface area contributed by atoms with E-state index in [9.17, 15) is 14.4 Å². The second-order valence-electron chi connectivity index (χ2n) is 10.2. The molecule has 2 unspecified atom stereocenters. The second-order valence-corrected chi connectivity index (χ2v) is 10.2. The van der Waals surface area contributed by atoms with Crippen LogP contribution in [0.15, 0.2) is 48.5 Å². The SMILES string of the molecule is O=C(O)C[C@H]1CC[C@@H](NC(=O)C2CCC(NC(=O)OCC3c4ccccc4-c4ccccc43)C2)C1. The molecule has 0 heterocycles. The molecule has 5 rings (SSSR count). The molecule has 2 aromatic carbocycles. The summed E-state index contributed by atoms with van der Waals surface area (Å²) in [5.74, 6) is -0.730. The van der Waals surface area contributed by atoms with Gasteiger partial charge in [0.15, 0.2) is 0 Å². The smallest absolute Gasteiger partial charge is 0.407 e. The maximum Gasteiger partial charge on any atom is 0.407 e. The lowest BCUT2D eigenvalue weighted by Gasteiger charge is -2.18. The van der Waals surface area contributed by atoms with Gasteiger partial charge in [-0.15, -0.1) is 0 Å². The van der Waals surface area contributed by atoms with Crippen molar-refractivity contribution in [2.24, 2.45) is 11.8 Å². The average molecular weight is 477 g/mol. The lowest BCUT2D eigenvalue weighted by atomic mass is 9.98. The number of carboxylic acids is 1. The third-order valence-electron chi connectivity index (χ3n) is 7.82. The normalized spacial score (nSPS) is 25.0. The van der Waals surface area contributed by atoms with Crippen molar-refractivity contribution in [3.8, 4) is 11.1 Å². The van der Waals surface area contributed by atoms with Crippen LogP contribution in [0, 0.1) is 11.8 Å². The van der Waals surface area contributed by atoms with E-state index in [0.717, 1.165) is 32.1 Å². The molecule has 2 saturated carbocycles. The first-order chi connectivity index (χ1) is 17.0. The Labute approximate surface area is 205 Å². The van der Waals surface area contributed by atoms with Gasteiger partial charge in [-0.25, -0.2) is 4.79 Å². The topological polar surface area (TPSA) is 105 Å². The van der Waals surface area contributed by atoms with Crippen molar-refractivity contribution in [2.45, 2.75) is 62.9 Å². The van der Waals surface area contributed by atoms with Crippen LogP contribution in [0.4, 0.5) is 4.79 Å². The number of rotatable bonds is 7. The first-order valence-corrected chi connectivity index (χ1v) is 12.6. The van der Waals surface area contributed by atoms with E-state index in [4.69, 9.17) is 9.84 Å². The fourth-order valence-corrected chi connectivity index (χ4v) is 6.11. The third-order valence-corrected chi connectivity index (χ3v) is 7.82. The number of carbonyl (C=O) groups excluding carboxylic acids is 2. The molecule has 4 atom stereocenters. The predicted octanol–water partition coefficient (Wildman–Crippen LogP) is 4.45. The summed E-state index contributed by atoms with van der Waals surface area (Å²) in [4.78, 5) is 36.2. The molecule has 0 bridgehead atoms. The van der Waals surface area contributed by atoms with Crippen LogP contribution in [0.25, 0.3) is 11.1 Å². The molecule has 2 aromatic rings. The fourth-order valence-electron chi connectivity index (χ4n) is 6.11. The molecule has 2 amide bonds. The predicted molar refractivity (Wildman–Crippen MR) is 131 cm³/mol. The summed E-state index contributed by atoms with van der Waals surface area (Å²) in [5, 5.41) is 15.0. The van der Waals surface area contributed by atoms with Crippen molar-refractivity contribution in [3.63, 3.8) is 0 Å². The molecule has 7 nitrogen and oxygen atoms in total. The molecular weight excluding hydrogens is 444 g/mol. The highest BCUT2D eigenvalue weighted by Gasteiger charge is 2.34. The Hall–Kier alpha value is -3.35. The average Bonchev–Trinajstić information content (AvgIpc) is 3.55. The largest absolute Gasteiger partial charge is 0.481 e. The van der Waals surface area contributed by atoms with Gasteiger partial charge in [-0.2, -0.15) is 0 Å². The third kappa shape index (κ3) is 5.19. The van der Waals surface area contributed by atoms with E-state index in [-0.39, 0.29) is 48.8 Å². The standard InChI is InChI=1S/C28H32N2O5/c31-26(32)14-17-9-11-19(13-17)29-27(33)18-10-12-20(15-18)30-28(34)35-16-25-23-7-3-1-5-21(23)22-6-2-4-8-24(22)25/h1-8,17-20,25H,9-16H2,(H,29,33)(H,30,34)(H,31,32)/t17-,18?,19+,20?/m0/s1. The van der Waals surface area contributed by atoms with Crippen LogP contribution in [0.1, 0.15) is 62.0 Å². The van der Waals surface area contributed by atoms with Crippen molar-refractivity contribution in [1.29, 1.82) is 0 Å². The number of fused-ring (bicyclic) bond motifs is 3. The van der Waals surface area contributed by atoms with Crippen molar-refractivity contribution >= 4 is 18.0 Å². The molecule has 3 aliphatic carbocycles. The van der Waals surface area contributed by atoms with Gasteiger partial charge in [0.05, 0.1) is 0 Å². The van der Waals surface area contributed by atoms with Crippen LogP contribution < -0.4 is 10.6 Å². The van der Waals surface area contributed by atoms with Gasteiger partial charge in [0.25, 0.3) is 0 Å². The van der Waals surface area contributed by atoms with Gasteiger partial charge in [-0.05, 0) is 66.7 Å². The maximum absolute atomic E-state index is 12.7. The molecular formula is C28H32N2O5. The number of aliphatic carboxylic acids is 1. The maximum atomic E-state index is 12.7. The summed E-state index contributed by atoms with van der Waals surface area (Å²) in [6.45, 7) is 0.273. The molecule has 2 fully saturated rings. The molecule has 35 heavy (non-hydrogen) atoms. The number of carbonyl (C=O) groups is 3. The number of hydrogen-bond acceptors (Lipinski definition) is 4. The zero-order chi connectivity index (χ0) is 24.4. The van der Waals surface area contributed by atoms with Crippen molar-refractivity contribution in [3.05, 3.63) is 59.7 Å². The molecule has 184 valence electrons. The highest BCUT2D eigenvalue weighted by Crippen LogP contribution is 2.44. The molecule has 0 aliphatic heterocycles. The number of alkyl carbamates (subject to hydrolysis) is 1. The van der Waals surface area contributed by atoms with Gasteiger partial charge in [-0.1, -0.05) is 48.5 Å². The monoisotopic (exact) mass is 476 g/mol. The molecule has 0 aromatic heterocycles. The Morgan fingerprint density at radius 2 is 1.46 bits per heavy atom. The van der Waals surface area contributed by atoms with Gasteiger partial charge < -0.3 is 20.5 Å². The van der Waals surface area contributed by atoms with E-state index in [2.05, 4.69) is 34.9 Å². The van der Waals surface area contributed by atoms with E-state index in [1.807, 2.05) is 24.3 Å². The van der Waals surface area contributed by atoms with Crippen LogP contribution in [-0.4, -0.2) is 41.8 Å². The molecule has 7 heteroatoms. The van der Waals surface area contributed by atoms with Crippen molar-refractivity contribution in [2.75, 3.05) is 6.61 Å². The zero-order valence-corrected chi connectivity index (χ0v) is 19.7. The van der Waals surface area contributed by atoms with Crippen LogP contribution in [0.5, 0.6) is 0 Å². The van der Waals surface area contributed by atoms with Crippen LogP contribution >= 0.6 is 0 Å². The first-order valence-electron chi connectivity index (χ1n) is 12.6. The summed E-state index contributed by atoms with van der Waals surface area (Å²) in [6.07, 6.45) is 4.20. The lowest BCUT2D eigenvalue weighted by molar-refractivity contribution is -0.138. The molecule has 3 N–H and O–H groups in total. The van der Waals surface area contributed by atoms with Crippen LogP contribution in [0.2, 0.25) is 0 Å². The molecule has 0 saturated heterocycles. The van der Waals surface area contributed by atoms with Crippen LogP contribution in [-0.2, 0) is 14.3 Å². The number of ether oxygens (including phenoxy) is 1. The fraction of sp³-hybridized carbons (Fsp3) is 0.464. The summed E-state index contributed by atoms with van der Waals surface area (Å²) in [7, 11) is 0. The van der Waals surface area contributed by atoms with Crippen molar-refractivity contribution < 1.29 is 24.2 Å². The molecule has 3 aliphatic rings. The van der Waals surface area contributed by atoms with E-state index < -0.39 is 12.1 Å². The minimum atomic E-state index is -0.778. The number of amides is 2. The Balaban J connectivity index is 1.09. The number of nitrogens with one attached hydrogen (secondary N) is 2. The lowest BCUT2D eigenvalue weighted by Crippen LogP contribution is -2.38. The zero-order valence-electron chi connectivity index (χ0n) is 19.7. The van der Waals surface area contributed by atoms with E-state index in [0.29, 0.717) is 6.42 Å². The quantitative estimate of drug-likeness (QED) is 0.548. The molecule has 0 radical (unpaired) electrons. The van der Waals surface area contributed by atoms with Gasteiger partial charge in [0, 0.05) is 30.3 Å². The highest BCUT2D eigenvalue weighted by atomic mass is 16.5. The van der Waals surface area contributed by atoms with Crippen molar-refractivity contribution in [1.82, 2.24) is 10.6 Å². The minimum Gasteiger partial charge on any atom is -0.481 e. The van der Waals surface area contributed by atoms with Gasteiger partial charge in [0.2, 0.25) is 5.91 Å². The Morgan fingerprint density at radius 3 is 2.14 bits per heavy atom. The minimum absolute atomic E-state index is 0.0165. The van der Waals surface area contributed by atoms with Gasteiger partial charge in [0.1, 0.15) is 6.61 Å². The number of benzene rings is 2. The van der Waals surface area contributed by atoms with E-state index >= 15 is 0 Å². The first kappa shape index (κ1) is 23.4. The molecule has 0 spiro atoms. The van der Waals surface area contributed by atoms with E-state index in [1.165, 1.54) is 22.3 Å². The van der Waals surface area contributed by atoms with Gasteiger partial charge >= 0.3 is 12.1 Å². The number of carboxylic acid groups (broad SMARTS) is 1. The Kier molecular flexibility index (Phi) is 6.75. The Bertz CT molecular complexity index is 1070. The summed E-state index contributed by atoms with van der Waals surface area (Å²) >= 11 is 0. The van der Waals surface area contributed by atoms with Gasteiger partial charge in [-0.3, -0.25) is 9.59 Å².